The fourth-order valence-corrected chi connectivity index (χ4v) is 2.94. The van der Waals surface area contributed by atoms with Crippen LogP contribution in [0.5, 0.6) is 0 Å². The van der Waals surface area contributed by atoms with E-state index in [1.54, 1.807) is 11.8 Å². The number of hydrogen-bond donors (Lipinski definition) is 1. The second-order valence-electron chi connectivity index (χ2n) is 4.76. The van der Waals surface area contributed by atoms with Crippen LogP contribution in [0, 0.1) is 0 Å². The number of nitrogens with two attached hydrogens (primary N) is 1. The average Bonchev–Trinajstić information content (AvgIpc) is 2.44. The maximum absolute atomic E-state index is 12.3. The largest absolute Gasteiger partial charge is 0.341 e. The fourth-order valence-electron chi connectivity index (χ4n) is 2.09. The van der Waals surface area contributed by atoms with Gasteiger partial charge in [-0.1, -0.05) is 37.3 Å². The summed E-state index contributed by atoms with van der Waals surface area (Å²) in [6, 6.07) is 9.73. The SMILES string of the molecule is CCC(CSC)N(C)C(=O)C(N)Cc1ccccc1. The molecule has 0 saturated heterocycles. The van der Waals surface area contributed by atoms with Gasteiger partial charge in [-0.25, -0.2) is 0 Å². The third-order valence-electron chi connectivity index (χ3n) is 3.34. The number of benzene rings is 1. The first-order chi connectivity index (χ1) is 9.10. The molecule has 0 aliphatic carbocycles. The summed E-state index contributed by atoms with van der Waals surface area (Å²) < 4.78 is 0. The molecule has 19 heavy (non-hydrogen) atoms. The van der Waals surface area contributed by atoms with Crippen molar-refractivity contribution in [2.45, 2.75) is 31.8 Å². The summed E-state index contributed by atoms with van der Waals surface area (Å²) in [4.78, 5) is 14.1. The molecule has 0 bridgehead atoms. The van der Waals surface area contributed by atoms with Crippen molar-refractivity contribution in [1.29, 1.82) is 0 Å². The Bertz CT molecular complexity index is 383. The van der Waals surface area contributed by atoms with Gasteiger partial charge in [0.25, 0.3) is 0 Å². The van der Waals surface area contributed by atoms with Gasteiger partial charge in [-0.2, -0.15) is 11.8 Å². The van der Waals surface area contributed by atoms with E-state index in [-0.39, 0.29) is 11.9 Å². The van der Waals surface area contributed by atoms with Crippen molar-refractivity contribution in [3.05, 3.63) is 35.9 Å². The molecule has 0 spiro atoms. The number of thioether (sulfide) groups is 1. The van der Waals surface area contributed by atoms with Crippen LogP contribution >= 0.6 is 11.8 Å². The minimum absolute atomic E-state index is 0.0322. The summed E-state index contributed by atoms with van der Waals surface area (Å²) in [5, 5.41) is 0. The molecule has 1 aromatic carbocycles. The van der Waals surface area contributed by atoms with Crippen molar-refractivity contribution in [2.75, 3.05) is 19.1 Å². The molecule has 2 unspecified atom stereocenters. The second-order valence-corrected chi connectivity index (χ2v) is 5.67. The summed E-state index contributed by atoms with van der Waals surface area (Å²) in [7, 11) is 1.86. The molecule has 1 aromatic rings. The maximum Gasteiger partial charge on any atom is 0.239 e. The molecule has 0 radical (unpaired) electrons. The predicted octanol–water partition coefficient (Wildman–Crippen LogP) is 2.16. The van der Waals surface area contributed by atoms with Crippen LogP contribution in [0.15, 0.2) is 30.3 Å². The molecule has 4 heteroatoms. The molecule has 0 fully saturated rings. The van der Waals surface area contributed by atoms with Gasteiger partial charge in [0.1, 0.15) is 0 Å². The Labute approximate surface area is 120 Å². The molecule has 2 atom stereocenters. The smallest absolute Gasteiger partial charge is 0.239 e. The Morgan fingerprint density at radius 3 is 2.53 bits per heavy atom. The Balaban J connectivity index is 2.60. The minimum atomic E-state index is -0.455. The standard InChI is InChI=1S/C15H24N2OS/c1-4-13(11-19-3)17(2)15(18)14(16)10-12-8-6-5-7-9-12/h5-9,13-14H,4,10-11,16H2,1-3H3. The van der Waals surface area contributed by atoms with Crippen molar-refractivity contribution in [2.24, 2.45) is 5.73 Å². The lowest BCUT2D eigenvalue weighted by Gasteiger charge is -2.29. The van der Waals surface area contributed by atoms with Gasteiger partial charge in [0.05, 0.1) is 6.04 Å². The van der Waals surface area contributed by atoms with E-state index in [1.165, 1.54) is 0 Å². The highest BCUT2D eigenvalue weighted by molar-refractivity contribution is 7.98. The normalized spacial score (nSPS) is 13.9. The van der Waals surface area contributed by atoms with Gasteiger partial charge in [-0.15, -0.1) is 0 Å². The molecule has 106 valence electrons. The Morgan fingerprint density at radius 2 is 2.00 bits per heavy atom. The molecule has 0 aliphatic rings. The first-order valence-electron chi connectivity index (χ1n) is 6.65. The highest BCUT2D eigenvalue weighted by Gasteiger charge is 2.23. The Hall–Kier alpha value is -1.00. The van der Waals surface area contributed by atoms with Gasteiger partial charge in [-0.05, 0) is 24.7 Å². The summed E-state index contributed by atoms with van der Waals surface area (Å²) in [5.41, 5.74) is 7.15. The molecule has 0 aromatic heterocycles. The first-order valence-corrected chi connectivity index (χ1v) is 8.04. The van der Waals surface area contributed by atoms with Crippen LogP contribution in [0.2, 0.25) is 0 Å². The minimum Gasteiger partial charge on any atom is -0.341 e. The van der Waals surface area contributed by atoms with E-state index in [0.717, 1.165) is 17.7 Å². The Kier molecular flexibility index (Phi) is 6.95. The molecule has 3 nitrogen and oxygen atoms in total. The number of carbonyl (C=O) groups is 1. The molecular weight excluding hydrogens is 256 g/mol. The van der Waals surface area contributed by atoms with Crippen LogP contribution in [0.1, 0.15) is 18.9 Å². The van der Waals surface area contributed by atoms with Gasteiger partial charge in [0.15, 0.2) is 0 Å². The molecule has 0 saturated carbocycles. The van der Waals surface area contributed by atoms with Crippen molar-refractivity contribution in [3.8, 4) is 0 Å². The van der Waals surface area contributed by atoms with Gasteiger partial charge in [0, 0.05) is 18.8 Å². The second kappa shape index (κ2) is 8.23. The zero-order valence-electron chi connectivity index (χ0n) is 12.0. The molecule has 1 rings (SSSR count). The van der Waals surface area contributed by atoms with Crippen molar-refractivity contribution < 1.29 is 4.79 Å². The summed E-state index contributed by atoms with van der Waals surface area (Å²) in [5.74, 6) is 0.987. The first kappa shape index (κ1) is 16.1. The van der Waals surface area contributed by atoms with E-state index in [9.17, 15) is 4.79 Å². The lowest BCUT2D eigenvalue weighted by molar-refractivity contribution is -0.133. The number of likely N-dealkylation sites (N-methyl/N-ethyl adjacent to an activating group) is 1. The van der Waals surface area contributed by atoms with E-state index in [0.29, 0.717) is 6.42 Å². The average molecular weight is 280 g/mol. The predicted molar refractivity (Wildman–Crippen MR) is 83.4 cm³/mol. The molecule has 0 heterocycles. The monoisotopic (exact) mass is 280 g/mol. The third kappa shape index (κ3) is 4.88. The van der Waals surface area contributed by atoms with Crippen molar-refractivity contribution in [3.63, 3.8) is 0 Å². The van der Waals surface area contributed by atoms with Crippen LogP contribution in [0.25, 0.3) is 0 Å². The molecule has 2 N–H and O–H groups in total. The van der Waals surface area contributed by atoms with Gasteiger partial charge >= 0.3 is 0 Å². The van der Waals surface area contributed by atoms with Crippen LogP contribution in [0.3, 0.4) is 0 Å². The maximum atomic E-state index is 12.3. The van der Waals surface area contributed by atoms with E-state index in [4.69, 9.17) is 5.73 Å². The molecule has 0 aliphatic heterocycles. The number of rotatable bonds is 7. The van der Waals surface area contributed by atoms with Gasteiger partial charge in [0.2, 0.25) is 5.91 Å². The highest BCUT2D eigenvalue weighted by atomic mass is 32.2. The fraction of sp³-hybridized carbons (Fsp3) is 0.533. The topological polar surface area (TPSA) is 46.3 Å². The molecular formula is C15H24N2OS. The Morgan fingerprint density at radius 1 is 1.37 bits per heavy atom. The quantitative estimate of drug-likeness (QED) is 0.832. The van der Waals surface area contributed by atoms with Crippen LogP contribution in [-0.4, -0.2) is 41.9 Å². The van der Waals surface area contributed by atoms with E-state index in [2.05, 4.69) is 13.2 Å². The third-order valence-corrected chi connectivity index (χ3v) is 4.06. The zero-order valence-corrected chi connectivity index (χ0v) is 12.8. The number of nitrogens with zero attached hydrogens (tertiary/aromatic N) is 1. The van der Waals surface area contributed by atoms with Crippen LogP contribution in [-0.2, 0) is 11.2 Å². The van der Waals surface area contributed by atoms with Gasteiger partial charge < -0.3 is 10.6 Å². The number of hydrogen-bond acceptors (Lipinski definition) is 3. The summed E-state index contributed by atoms with van der Waals surface area (Å²) in [6.07, 6.45) is 3.62. The van der Waals surface area contributed by atoms with E-state index >= 15 is 0 Å². The lowest BCUT2D eigenvalue weighted by Crippen LogP contribution is -2.48. The summed E-state index contributed by atoms with van der Waals surface area (Å²) >= 11 is 1.76. The van der Waals surface area contributed by atoms with Gasteiger partial charge in [-0.3, -0.25) is 4.79 Å². The number of carbonyl (C=O) groups excluding carboxylic acids is 1. The highest BCUT2D eigenvalue weighted by Crippen LogP contribution is 2.11. The van der Waals surface area contributed by atoms with E-state index < -0.39 is 6.04 Å². The van der Waals surface area contributed by atoms with Crippen LogP contribution < -0.4 is 5.73 Å². The van der Waals surface area contributed by atoms with E-state index in [1.807, 2.05) is 42.3 Å². The zero-order chi connectivity index (χ0) is 14.3. The van der Waals surface area contributed by atoms with Crippen molar-refractivity contribution in [1.82, 2.24) is 4.90 Å². The summed E-state index contributed by atoms with van der Waals surface area (Å²) in [6.45, 7) is 2.10. The molecule has 1 amide bonds. The lowest BCUT2D eigenvalue weighted by atomic mass is 10.0. The number of amides is 1. The van der Waals surface area contributed by atoms with Crippen molar-refractivity contribution >= 4 is 17.7 Å². The van der Waals surface area contributed by atoms with Crippen LogP contribution in [0.4, 0.5) is 0 Å².